The summed E-state index contributed by atoms with van der Waals surface area (Å²) in [5.41, 5.74) is 1.02. The van der Waals surface area contributed by atoms with Gasteiger partial charge in [0.1, 0.15) is 11.6 Å². The standard InChI is InChI=1S/C16H20N6OS/c1-11-17-12(2)22(19-11)8-14-4-3-6-21(14)9-15-18-16(20-23-15)13-5-7-24-10-13/h5,7,10,14H,3-4,6,8-9H2,1-2H3/t14-/m0/s1. The summed E-state index contributed by atoms with van der Waals surface area (Å²) in [5, 5.41) is 12.6. The fraction of sp³-hybridized carbons (Fsp3) is 0.500. The Hall–Kier alpha value is -2.06. The van der Waals surface area contributed by atoms with Gasteiger partial charge in [-0.2, -0.15) is 21.4 Å². The normalized spacial score (nSPS) is 18.5. The molecule has 1 aliphatic heterocycles. The monoisotopic (exact) mass is 344 g/mol. The predicted octanol–water partition coefficient (Wildman–Crippen LogP) is 2.67. The van der Waals surface area contributed by atoms with Crippen LogP contribution in [0, 0.1) is 13.8 Å². The van der Waals surface area contributed by atoms with Crippen molar-refractivity contribution in [1.82, 2.24) is 29.8 Å². The number of likely N-dealkylation sites (tertiary alicyclic amines) is 1. The minimum absolute atomic E-state index is 0.432. The number of aromatic nitrogens is 5. The highest BCUT2D eigenvalue weighted by atomic mass is 32.1. The predicted molar refractivity (Wildman–Crippen MR) is 90.5 cm³/mol. The molecule has 7 nitrogen and oxygen atoms in total. The Balaban J connectivity index is 1.44. The quantitative estimate of drug-likeness (QED) is 0.708. The van der Waals surface area contributed by atoms with Crippen LogP contribution < -0.4 is 0 Å². The van der Waals surface area contributed by atoms with Gasteiger partial charge < -0.3 is 4.52 Å². The van der Waals surface area contributed by atoms with E-state index in [1.165, 1.54) is 6.42 Å². The van der Waals surface area contributed by atoms with Crippen molar-refractivity contribution in [2.24, 2.45) is 0 Å². The average molecular weight is 344 g/mol. The molecule has 1 aliphatic rings. The van der Waals surface area contributed by atoms with E-state index in [1.54, 1.807) is 11.3 Å². The molecule has 0 saturated carbocycles. The van der Waals surface area contributed by atoms with Crippen molar-refractivity contribution in [1.29, 1.82) is 0 Å². The van der Waals surface area contributed by atoms with Gasteiger partial charge in [0.05, 0.1) is 13.1 Å². The molecule has 0 N–H and O–H groups in total. The fourth-order valence-corrected chi connectivity index (χ4v) is 3.88. The number of hydrogen-bond donors (Lipinski definition) is 0. The van der Waals surface area contributed by atoms with Gasteiger partial charge in [-0.1, -0.05) is 5.16 Å². The van der Waals surface area contributed by atoms with Crippen LogP contribution in [0.15, 0.2) is 21.3 Å². The molecule has 0 aliphatic carbocycles. The summed E-state index contributed by atoms with van der Waals surface area (Å²) in [5.74, 6) is 3.14. The van der Waals surface area contributed by atoms with Crippen molar-refractivity contribution in [2.45, 2.75) is 45.8 Å². The minimum atomic E-state index is 0.432. The molecule has 0 radical (unpaired) electrons. The van der Waals surface area contributed by atoms with E-state index in [0.717, 1.165) is 36.7 Å². The second kappa shape index (κ2) is 6.45. The van der Waals surface area contributed by atoms with Crippen molar-refractivity contribution in [2.75, 3.05) is 6.54 Å². The first kappa shape index (κ1) is 15.5. The van der Waals surface area contributed by atoms with Crippen molar-refractivity contribution >= 4 is 11.3 Å². The number of hydrogen-bond acceptors (Lipinski definition) is 7. The zero-order chi connectivity index (χ0) is 16.5. The first-order chi connectivity index (χ1) is 11.7. The van der Waals surface area contributed by atoms with Crippen LogP contribution in [-0.4, -0.2) is 42.4 Å². The van der Waals surface area contributed by atoms with Gasteiger partial charge in [-0.15, -0.1) is 0 Å². The Morgan fingerprint density at radius 3 is 3.00 bits per heavy atom. The molecule has 0 unspecified atom stereocenters. The van der Waals surface area contributed by atoms with E-state index in [1.807, 2.05) is 35.4 Å². The van der Waals surface area contributed by atoms with Gasteiger partial charge in [-0.05, 0) is 44.7 Å². The maximum atomic E-state index is 5.44. The highest BCUT2D eigenvalue weighted by Crippen LogP contribution is 2.23. The van der Waals surface area contributed by atoms with Crippen LogP contribution in [0.5, 0.6) is 0 Å². The first-order valence-corrected chi connectivity index (χ1v) is 9.10. The Labute approximate surface area is 144 Å². The lowest BCUT2D eigenvalue weighted by Gasteiger charge is -2.22. The van der Waals surface area contributed by atoms with Gasteiger partial charge in [0.2, 0.25) is 11.7 Å². The summed E-state index contributed by atoms with van der Waals surface area (Å²) in [6, 6.07) is 2.44. The van der Waals surface area contributed by atoms with E-state index < -0.39 is 0 Å². The number of aryl methyl sites for hydroxylation is 2. The Bertz CT molecular complexity index is 809. The number of thiophene rings is 1. The molecule has 0 spiro atoms. The van der Waals surface area contributed by atoms with Gasteiger partial charge in [0.25, 0.3) is 0 Å². The maximum Gasteiger partial charge on any atom is 0.241 e. The number of rotatable bonds is 5. The summed E-state index contributed by atoms with van der Waals surface area (Å²) < 4.78 is 7.45. The van der Waals surface area contributed by atoms with Gasteiger partial charge >= 0.3 is 0 Å². The smallest absolute Gasteiger partial charge is 0.241 e. The molecule has 8 heteroatoms. The largest absolute Gasteiger partial charge is 0.338 e. The molecule has 0 bridgehead atoms. The highest BCUT2D eigenvalue weighted by molar-refractivity contribution is 7.08. The van der Waals surface area contributed by atoms with Crippen molar-refractivity contribution in [3.63, 3.8) is 0 Å². The molecule has 1 atom stereocenters. The second-order valence-corrected chi connectivity index (χ2v) is 6.96. The lowest BCUT2D eigenvalue weighted by atomic mass is 10.2. The van der Waals surface area contributed by atoms with Crippen LogP contribution in [0.25, 0.3) is 11.4 Å². The van der Waals surface area contributed by atoms with Crippen molar-refractivity contribution in [3.8, 4) is 11.4 Å². The van der Waals surface area contributed by atoms with Crippen LogP contribution in [0.4, 0.5) is 0 Å². The summed E-state index contributed by atoms with van der Waals surface area (Å²) in [6.45, 7) is 6.53. The van der Waals surface area contributed by atoms with Gasteiger partial charge in [0.15, 0.2) is 0 Å². The van der Waals surface area contributed by atoms with E-state index in [0.29, 0.717) is 24.3 Å². The third-order valence-corrected chi connectivity index (χ3v) is 5.11. The minimum Gasteiger partial charge on any atom is -0.338 e. The highest BCUT2D eigenvalue weighted by Gasteiger charge is 2.27. The average Bonchev–Trinajstić information content (AvgIpc) is 3.30. The van der Waals surface area contributed by atoms with E-state index in [9.17, 15) is 0 Å². The Morgan fingerprint density at radius 2 is 2.25 bits per heavy atom. The van der Waals surface area contributed by atoms with Gasteiger partial charge in [-0.25, -0.2) is 9.67 Å². The van der Waals surface area contributed by atoms with Crippen molar-refractivity contribution in [3.05, 3.63) is 34.4 Å². The molecule has 1 saturated heterocycles. The van der Waals surface area contributed by atoms with Gasteiger partial charge in [0, 0.05) is 17.0 Å². The molecular formula is C16H20N6OS. The first-order valence-electron chi connectivity index (χ1n) is 8.16. The van der Waals surface area contributed by atoms with Gasteiger partial charge in [-0.3, -0.25) is 4.90 Å². The van der Waals surface area contributed by atoms with E-state index in [-0.39, 0.29) is 0 Å². The molecule has 126 valence electrons. The SMILES string of the molecule is Cc1nc(C)n(C[C@@H]2CCCN2Cc2nc(-c3ccsc3)no2)n1. The molecular weight excluding hydrogens is 324 g/mol. The summed E-state index contributed by atoms with van der Waals surface area (Å²) in [7, 11) is 0. The van der Waals surface area contributed by atoms with Crippen molar-refractivity contribution < 1.29 is 4.52 Å². The summed E-state index contributed by atoms with van der Waals surface area (Å²) >= 11 is 1.63. The van der Waals surface area contributed by atoms with Crippen LogP contribution in [0.2, 0.25) is 0 Å². The molecule has 3 aromatic heterocycles. The molecule has 24 heavy (non-hydrogen) atoms. The molecule has 4 rings (SSSR count). The summed E-state index contributed by atoms with van der Waals surface area (Å²) in [6.07, 6.45) is 2.34. The lowest BCUT2D eigenvalue weighted by molar-refractivity contribution is 0.191. The lowest BCUT2D eigenvalue weighted by Crippen LogP contribution is -2.33. The van der Waals surface area contributed by atoms with E-state index >= 15 is 0 Å². The molecule has 3 aromatic rings. The third-order valence-electron chi connectivity index (χ3n) is 4.43. The van der Waals surface area contributed by atoms with Crippen LogP contribution in [-0.2, 0) is 13.1 Å². The fourth-order valence-electron chi connectivity index (χ4n) is 3.25. The third kappa shape index (κ3) is 3.11. The Morgan fingerprint density at radius 1 is 1.33 bits per heavy atom. The number of nitrogens with zero attached hydrogens (tertiary/aromatic N) is 6. The van der Waals surface area contributed by atoms with Crippen LogP contribution in [0.3, 0.4) is 0 Å². The summed E-state index contributed by atoms with van der Waals surface area (Å²) in [4.78, 5) is 11.3. The topological polar surface area (TPSA) is 72.9 Å². The molecule has 0 amide bonds. The zero-order valence-corrected chi connectivity index (χ0v) is 14.7. The van der Waals surface area contributed by atoms with E-state index in [4.69, 9.17) is 4.52 Å². The molecule has 4 heterocycles. The maximum absolute atomic E-state index is 5.44. The molecule has 1 fully saturated rings. The van der Waals surface area contributed by atoms with Crippen LogP contribution in [0.1, 0.15) is 30.4 Å². The molecule has 0 aromatic carbocycles. The van der Waals surface area contributed by atoms with E-state index in [2.05, 4.69) is 25.1 Å². The van der Waals surface area contributed by atoms with Crippen LogP contribution >= 0.6 is 11.3 Å². The zero-order valence-electron chi connectivity index (χ0n) is 13.8. The second-order valence-electron chi connectivity index (χ2n) is 6.18. The Kier molecular flexibility index (Phi) is 4.15.